The lowest BCUT2D eigenvalue weighted by Crippen LogP contribution is -2.37. The summed E-state index contributed by atoms with van der Waals surface area (Å²) in [6.45, 7) is 0.212. The molecule has 0 saturated carbocycles. The van der Waals surface area contributed by atoms with Gasteiger partial charge >= 0.3 is 5.97 Å². The minimum absolute atomic E-state index is 0.125. The summed E-state index contributed by atoms with van der Waals surface area (Å²) < 4.78 is 36.7. The zero-order valence-electron chi connectivity index (χ0n) is 15.8. The Hall–Kier alpha value is -3.14. The van der Waals surface area contributed by atoms with E-state index < -0.39 is 28.5 Å². The quantitative estimate of drug-likeness (QED) is 0.636. The Morgan fingerprint density at radius 2 is 1.97 bits per heavy atom. The fourth-order valence-corrected chi connectivity index (χ4v) is 3.70. The fourth-order valence-electron chi connectivity index (χ4n) is 2.73. The number of amides is 1. The van der Waals surface area contributed by atoms with Crippen LogP contribution in [0.2, 0.25) is 0 Å². The predicted octanol–water partition coefficient (Wildman–Crippen LogP) is 0.395. The van der Waals surface area contributed by atoms with Crippen LogP contribution in [0.3, 0.4) is 0 Å². The second-order valence-electron chi connectivity index (χ2n) is 6.37. The second-order valence-corrected chi connectivity index (χ2v) is 8.13. The molecular formula is C19H21N3O6S. The lowest BCUT2D eigenvalue weighted by molar-refractivity contribution is -0.144. The van der Waals surface area contributed by atoms with Gasteiger partial charge in [0.25, 0.3) is 15.9 Å². The van der Waals surface area contributed by atoms with Crippen LogP contribution in [0.25, 0.3) is 0 Å². The van der Waals surface area contributed by atoms with Gasteiger partial charge in [0, 0.05) is 19.3 Å². The van der Waals surface area contributed by atoms with Crippen LogP contribution in [0.5, 0.6) is 5.75 Å². The standard InChI is InChI=1S/C19H21N3O6S/c1-27-16-5-2-14(3-6-16)8-9-20-18(23)13-28-19(24)15-4-7-17-21-29(25,26)11-10-22(17)12-15/h2-7,12H,8-11,13H2,1H3,(H,20,23). The first-order chi connectivity index (χ1) is 13.9. The summed E-state index contributed by atoms with van der Waals surface area (Å²) in [7, 11) is -1.86. The summed E-state index contributed by atoms with van der Waals surface area (Å²) in [6, 6.07) is 7.52. The number of esters is 1. The molecule has 1 aromatic rings. The number of nitrogens with one attached hydrogen (secondary N) is 1. The molecule has 1 N–H and O–H groups in total. The smallest absolute Gasteiger partial charge is 0.340 e. The summed E-state index contributed by atoms with van der Waals surface area (Å²) in [6.07, 6.45) is 4.96. The first kappa shape index (κ1) is 20.6. The molecule has 2 heterocycles. The molecule has 0 saturated heterocycles. The number of ether oxygens (including phenoxy) is 2. The zero-order valence-corrected chi connectivity index (χ0v) is 16.6. The van der Waals surface area contributed by atoms with Crippen molar-refractivity contribution in [3.63, 3.8) is 0 Å². The molecule has 9 nitrogen and oxygen atoms in total. The van der Waals surface area contributed by atoms with Gasteiger partial charge in [-0.3, -0.25) is 4.79 Å². The maximum Gasteiger partial charge on any atom is 0.340 e. The number of benzene rings is 1. The first-order valence-electron chi connectivity index (χ1n) is 8.92. The fraction of sp³-hybridized carbons (Fsp3) is 0.316. The van der Waals surface area contributed by atoms with Gasteiger partial charge in [-0.05, 0) is 36.3 Å². The van der Waals surface area contributed by atoms with E-state index in [0.29, 0.717) is 13.0 Å². The minimum atomic E-state index is -3.45. The molecule has 0 spiro atoms. The van der Waals surface area contributed by atoms with Crippen molar-refractivity contribution in [2.45, 2.75) is 6.42 Å². The van der Waals surface area contributed by atoms with Gasteiger partial charge in [-0.25, -0.2) is 13.2 Å². The number of carbonyl (C=O) groups excluding carboxylic acids is 2. The highest BCUT2D eigenvalue weighted by Crippen LogP contribution is 2.16. The molecule has 29 heavy (non-hydrogen) atoms. The Labute approximate surface area is 168 Å². The van der Waals surface area contributed by atoms with Crippen LogP contribution in [0.15, 0.2) is 52.6 Å². The Balaban J connectivity index is 1.43. The molecule has 1 aromatic carbocycles. The minimum Gasteiger partial charge on any atom is -0.497 e. The number of fused-ring (bicyclic) bond motifs is 1. The Morgan fingerprint density at radius 3 is 2.69 bits per heavy atom. The molecule has 10 heteroatoms. The molecule has 1 amide bonds. The van der Waals surface area contributed by atoms with Crippen molar-refractivity contribution >= 4 is 27.7 Å². The second kappa shape index (κ2) is 8.91. The molecule has 0 aliphatic carbocycles. The molecular weight excluding hydrogens is 398 g/mol. The number of methoxy groups -OCH3 is 1. The van der Waals surface area contributed by atoms with Crippen LogP contribution in [0.4, 0.5) is 0 Å². The Morgan fingerprint density at radius 1 is 1.21 bits per heavy atom. The van der Waals surface area contributed by atoms with Gasteiger partial charge in [0.2, 0.25) is 0 Å². The van der Waals surface area contributed by atoms with E-state index in [9.17, 15) is 18.0 Å². The molecule has 0 bridgehead atoms. The number of amidine groups is 1. The van der Waals surface area contributed by atoms with Gasteiger partial charge in [0.15, 0.2) is 6.61 Å². The van der Waals surface area contributed by atoms with Crippen LogP contribution < -0.4 is 10.1 Å². The molecule has 0 aromatic heterocycles. The van der Waals surface area contributed by atoms with E-state index in [1.165, 1.54) is 18.4 Å². The van der Waals surface area contributed by atoms with E-state index in [-0.39, 0.29) is 23.7 Å². The summed E-state index contributed by atoms with van der Waals surface area (Å²) in [5.74, 6) is -0.179. The first-order valence-corrected chi connectivity index (χ1v) is 10.5. The molecule has 2 aliphatic rings. The van der Waals surface area contributed by atoms with E-state index in [0.717, 1.165) is 11.3 Å². The third-order valence-electron chi connectivity index (χ3n) is 4.29. The van der Waals surface area contributed by atoms with Crippen molar-refractivity contribution in [3.05, 3.63) is 53.8 Å². The van der Waals surface area contributed by atoms with Crippen LogP contribution in [0.1, 0.15) is 5.56 Å². The van der Waals surface area contributed by atoms with Crippen molar-refractivity contribution in [2.24, 2.45) is 4.40 Å². The molecule has 0 fully saturated rings. The highest BCUT2D eigenvalue weighted by atomic mass is 32.2. The molecule has 154 valence electrons. The van der Waals surface area contributed by atoms with Crippen molar-refractivity contribution in [3.8, 4) is 5.75 Å². The van der Waals surface area contributed by atoms with Crippen LogP contribution in [-0.2, 0) is 30.8 Å². The van der Waals surface area contributed by atoms with E-state index in [1.54, 1.807) is 12.0 Å². The van der Waals surface area contributed by atoms with Crippen molar-refractivity contribution in [1.82, 2.24) is 10.2 Å². The van der Waals surface area contributed by atoms with Crippen molar-refractivity contribution in [1.29, 1.82) is 0 Å². The monoisotopic (exact) mass is 419 g/mol. The van der Waals surface area contributed by atoms with Crippen molar-refractivity contribution in [2.75, 3.05) is 32.6 Å². The highest BCUT2D eigenvalue weighted by Gasteiger charge is 2.25. The van der Waals surface area contributed by atoms with E-state index in [4.69, 9.17) is 9.47 Å². The topological polar surface area (TPSA) is 114 Å². The third-order valence-corrected chi connectivity index (χ3v) is 5.45. The lowest BCUT2D eigenvalue weighted by Gasteiger charge is -2.26. The predicted molar refractivity (Wildman–Crippen MR) is 106 cm³/mol. The summed E-state index contributed by atoms with van der Waals surface area (Å²) in [5, 5.41) is 2.69. The number of carbonyl (C=O) groups is 2. The highest BCUT2D eigenvalue weighted by molar-refractivity contribution is 7.90. The normalized spacial score (nSPS) is 16.9. The Bertz CT molecular complexity index is 980. The zero-order chi connectivity index (χ0) is 20.9. The average molecular weight is 419 g/mol. The molecule has 0 radical (unpaired) electrons. The molecule has 3 rings (SSSR count). The number of hydrogen-bond acceptors (Lipinski definition) is 7. The van der Waals surface area contributed by atoms with Crippen LogP contribution >= 0.6 is 0 Å². The molecule has 2 aliphatic heterocycles. The summed E-state index contributed by atoms with van der Waals surface area (Å²) >= 11 is 0. The maximum atomic E-state index is 12.1. The van der Waals surface area contributed by atoms with Crippen LogP contribution in [-0.4, -0.2) is 63.6 Å². The van der Waals surface area contributed by atoms with E-state index in [2.05, 4.69) is 9.71 Å². The molecule has 0 atom stereocenters. The number of rotatable bonds is 7. The number of nitrogens with zero attached hydrogens (tertiary/aromatic N) is 2. The van der Waals surface area contributed by atoms with Crippen LogP contribution in [0, 0.1) is 0 Å². The van der Waals surface area contributed by atoms with Gasteiger partial charge in [-0.2, -0.15) is 0 Å². The average Bonchev–Trinajstić information content (AvgIpc) is 2.71. The summed E-state index contributed by atoms with van der Waals surface area (Å²) in [4.78, 5) is 25.6. The van der Waals surface area contributed by atoms with Gasteiger partial charge in [-0.1, -0.05) is 12.1 Å². The number of sulfonamides is 1. The van der Waals surface area contributed by atoms with E-state index in [1.807, 2.05) is 24.3 Å². The number of hydrogen-bond donors (Lipinski definition) is 1. The Kier molecular flexibility index (Phi) is 6.32. The lowest BCUT2D eigenvalue weighted by atomic mass is 10.1. The maximum absolute atomic E-state index is 12.1. The SMILES string of the molecule is COc1ccc(CCNC(=O)COC(=O)C2=CN3CCS(=O)(=O)N=C3C=C2)cc1. The van der Waals surface area contributed by atoms with Gasteiger partial charge in [-0.15, -0.1) is 4.40 Å². The van der Waals surface area contributed by atoms with Gasteiger partial charge in [0.05, 0.1) is 18.4 Å². The van der Waals surface area contributed by atoms with Gasteiger partial charge in [0.1, 0.15) is 11.6 Å². The molecule has 0 unspecified atom stereocenters. The summed E-state index contributed by atoms with van der Waals surface area (Å²) in [5.41, 5.74) is 1.26. The van der Waals surface area contributed by atoms with Crippen molar-refractivity contribution < 1.29 is 27.5 Å². The van der Waals surface area contributed by atoms with Gasteiger partial charge < -0.3 is 19.7 Å². The largest absolute Gasteiger partial charge is 0.497 e. The third kappa shape index (κ3) is 5.67. The van der Waals surface area contributed by atoms with E-state index >= 15 is 0 Å².